The Morgan fingerprint density at radius 3 is 0.926 bits per heavy atom. The molecule has 14 aliphatic rings. The molecular weight excluding hydrogens is 1180 g/mol. The van der Waals surface area contributed by atoms with Crippen LogP contribution in [0.25, 0.3) is 0 Å². The van der Waals surface area contributed by atoms with E-state index in [-0.39, 0.29) is 28.1 Å². The van der Waals surface area contributed by atoms with Crippen molar-refractivity contribution in [1.82, 2.24) is 58.8 Å². The highest BCUT2D eigenvalue weighted by Gasteiger charge is 2.50. The third kappa shape index (κ3) is 19.5. The lowest BCUT2D eigenvalue weighted by atomic mass is 9.66. The van der Waals surface area contributed by atoms with Crippen molar-refractivity contribution in [3.63, 3.8) is 0 Å². The molecule has 0 aromatic rings. The van der Waals surface area contributed by atoms with Crippen LogP contribution in [0.4, 0.5) is 0 Å². The highest BCUT2D eigenvalue weighted by molar-refractivity contribution is 5.87. The van der Waals surface area contributed by atoms with Crippen molar-refractivity contribution in [3.8, 4) is 0 Å². The number of likely N-dealkylation sites (tertiary alicyclic amines) is 10. The molecule has 2 aliphatic carbocycles. The van der Waals surface area contributed by atoms with Gasteiger partial charge in [-0.15, -0.1) is 0 Å². The first-order chi connectivity index (χ1) is 44.6. The molecule has 5 amide bonds. The van der Waals surface area contributed by atoms with Gasteiger partial charge in [0.2, 0.25) is 17.7 Å². The fourth-order valence-corrected chi connectivity index (χ4v) is 18.6. The van der Waals surface area contributed by atoms with E-state index in [1.165, 1.54) is 123 Å². The van der Waals surface area contributed by atoms with Crippen LogP contribution in [0.2, 0.25) is 0 Å². The number of nitrogens with zero attached hydrogens (tertiary/aromatic N) is 12. The summed E-state index contributed by atoms with van der Waals surface area (Å²) < 4.78 is 11.5. The minimum atomic E-state index is -0.487. The van der Waals surface area contributed by atoms with E-state index in [2.05, 4.69) is 97.5 Å². The predicted octanol–water partition coefficient (Wildman–Crippen LogP) is 7.77. The van der Waals surface area contributed by atoms with Crippen LogP contribution in [0, 0.1) is 38.9 Å². The van der Waals surface area contributed by atoms with E-state index >= 15 is 0 Å². The minimum Gasteiger partial charge on any atom is -0.363 e. The van der Waals surface area contributed by atoms with Gasteiger partial charge in [-0.1, -0.05) is 13.8 Å². The fourth-order valence-electron chi connectivity index (χ4n) is 18.6. The number of ether oxygens (including phenoxy) is 2. The molecule has 540 valence electrons. The smallest absolute Gasteiger partial charge is 0.254 e. The third-order valence-electron chi connectivity index (χ3n) is 26.3. The number of hydrogen-bond donors (Lipinski definition) is 0. The molecule has 0 N–H and O–H groups in total. The standard InChI is InChI=1S/C12H21NO.C11H20N2O.C11H22N2.C11H19NO2.C10H18N2O2.C10H18N2O.C10H20N2/c1-10-4-7-12(8-5-10)6-3-9-13(2)11(12)14;1-12-8-5-11(6-9-12)4-3-7-13(2)10(11)14;1-12-8-5-11(6-9-12)4-3-7-13(2)10-11;1-9-3-5-11(6-4-9)10(13)12(2)7-8-14-11;1-11-5-3-10(4-6-11)9(13)12(2)7-8-14-10;1-11-6-3-10(4-7-11)5-8-12(2)9(10)13;1-11-6-3-10(4-7-11)5-8-12(2)9-10/h10H,3-9H2,1-2H3;3-9H2,1-2H3;3-10H2,1-2H3;9H,3-8H2,1-2H3;3-8H2,1-2H3;3-8H2,1-2H3;3-9H2,1-2H3. The molecule has 12 aliphatic heterocycles. The molecule has 14 fully saturated rings. The molecule has 7 spiro atoms. The first-order valence-corrected chi connectivity index (χ1v) is 38.0. The average Bonchev–Trinajstić information content (AvgIpc) is 1.14. The first kappa shape index (κ1) is 76.7. The van der Waals surface area contributed by atoms with Gasteiger partial charge in [0.05, 0.1) is 24.0 Å². The van der Waals surface area contributed by atoms with Crippen LogP contribution in [0.15, 0.2) is 0 Å². The molecule has 14 rings (SSSR count). The van der Waals surface area contributed by atoms with Gasteiger partial charge >= 0.3 is 0 Å². The normalized spacial score (nSPS) is 32.4. The maximum Gasteiger partial charge on any atom is 0.254 e. The predicted molar refractivity (Wildman–Crippen MR) is 379 cm³/mol. The fraction of sp³-hybridized carbons (Fsp3) is 0.933. The van der Waals surface area contributed by atoms with Gasteiger partial charge in [0, 0.05) is 99.6 Å². The van der Waals surface area contributed by atoms with E-state index in [0.29, 0.717) is 41.8 Å². The largest absolute Gasteiger partial charge is 0.363 e. The number of hydrogen-bond acceptors (Lipinski definition) is 14. The highest BCUT2D eigenvalue weighted by atomic mass is 16.5. The van der Waals surface area contributed by atoms with Crippen LogP contribution < -0.4 is 0 Å². The Morgan fingerprint density at radius 2 is 0.543 bits per heavy atom. The van der Waals surface area contributed by atoms with Crippen molar-refractivity contribution < 1.29 is 33.4 Å². The van der Waals surface area contributed by atoms with Crippen molar-refractivity contribution in [3.05, 3.63) is 0 Å². The zero-order valence-corrected chi connectivity index (χ0v) is 62.6. The van der Waals surface area contributed by atoms with Gasteiger partial charge in [-0.3, -0.25) is 24.0 Å². The number of carbonyl (C=O) groups excluding carboxylic acids is 5. The van der Waals surface area contributed by atoms with E-state index in [0.717, 1.165) is 180 Å². The molecule has 0 aromatic carbocycles. The zero-order valence-electron chi connectivity index (χ0n) is 62.6. The summed E-state index contributed by atoms with van der Waals surface area (Å²) in [6.07, 6.45) is 30.5. The molecule has 2 saturated carbocycles. The van der Waals surface area contributed by atoms with Gasteiger partial charge in [0.15, 0.2) is 0 Å². The number of amides is 5. The van der Waals surface area contributed by atoms with Crippen LogP contribution in [-0.4, -0.2) is 322 Å². The SMILES string of the molecule is CC1CCC2(CC1)OCCN(C)C2=O.CC1CCC2(CCCN(C)C2=O)CC1.CN1CCC2(CC1)CCN(C)C2.CN1CCC2(CC1)CCN(C)C2=O.CN1CCC2(CC1)OCCN(C)C2=O.CN1CCC2(CCCN(C)C2)CC1.CN1CCC2(CCCN(C)C2=O)CC1. The van der Waals surface area contributed by atoms with Gasteiger partial charge in [-0.25, -0.2) is 0 Å². The number of rotatable bonds is 0. The second kappa shape index (κ2) is 33.9. The van der Waals surface area contributed by atoms with E-state index < -0.39 is 11.2 Å². The van der Waals surface area contributed by atoms with Crippen molar-refractivity contribution in [2.24, 2.45) is 38.9 Å². The molecule has 94 heavy (non-hydrogen) atoms. The van der Waals surface area contributed by atoms with E-state index in [1.807, 2.05) is 54.8 Å². The van der Waals surface area contributed by atoms with Gasteiger partial charge < -0.3 is 68.3 Å². The molecule has 19 heteroatoms. The molecule has 19 nitrogen and oxygen atoms in total. The molecular formula is C75H138N12O7. The van der Waals surface area contributed by atoms with E-state index in [9.17, 15) is 24.0 Å². The third-order valence-corrected chi connectivity index (χ3v) is 26.3. The van der Waals surface area contributed by atoms with Gasteiger partial charge in [0.25, 0.3) is 11.8 Å². The molecule has 0 aromatic heterocycles. The molecule has 0 bridgehead atoms. The lowest BCUT2D eigenvalue weighted by Gasteiger charge is -2.46. The van der Waals surface area contributed by atoms with Crippen LogP contribution in [0.5, 0.6) is 0 Å². The Morgan fingerprint density at radius 1 is 0.266 bits per heavy atom. The quantitative estimate of drug-likeness (QED) is 0.233. The number of piperidine rings is 8. The maximum atomic E-state index is 12.1. The Bertz CT molecular complexity index is 2190. The van der Waals surface area contributed by atoms with Crippen molar-refractivity contribution in [2.75, 3.05) is 222 Å². The van der Waals surface area contributed by atoms with E-state index in [4.69, 9.17) is 9.47 Å². The lowest BCUT2D eigenvalue weighted by molar-refractivity contribution is -0.177. The monoisotopic (exact) mass is 1320 g/mol. The average molecular weight is 1320 g/mol. The molecule has 0 atom stereocenters. The van der Waals surface area contributed by atoms with Gasteiger partial charge in [-0.05, 0) is 304 Å². The molecule has 0 unspecified atom stereocenters. The number of morpholine rings is 2. The van der Waals surface area contributed by atoms with Crippen LogP contribution >= 0.6 is 0 Å². The Labute approximate surface area is 572 Å². The summed E-state index contributed by atoms with van der Waals surface area (Å²) in [5.41, 5.74) is 0.570. The Kier molecular flexibility index (Phi) is 27.7. The van der Waals surface area contributed by atoms with Gasteiger partial charge in [-0.2, -0.15) is 0 Å². The van der Waals surface area contributed by atoms with Crippen molar-refractivity contribution in [2.45, 2.75) is 192 Å². The topological polar surface area (TPSA) is 143 Å². The summed E-state index contributed by atoms with van der Waals surface area (Å²) in [6, 6.07) is 0. The van der Waals surface area contributed by atoms with Crippen LogP contribution in [0.1, 0.15) is 181 Å². The van der Waals surface area contributed by atoms with E-state index in [1.54, 1.807) is 4.90 Å². The lowest BCUT2D eigenvalue weighted by Crippen LogP contribution is -2.59. The zero-order chi connectivity index (χ0) is 68.1. The summed E-state index contributed by atoms with van der Waals surface area (Å²) >= 11 is 0. The van der Waals surface area contributed by atoms with Crippen molar-refractivity contribution in [1.29, 1.82) is 0 Å². The first-order valence-electron chi connectivity index (χ1n) is 38.0. The highest BCUT2D eigenvalue weighted by Crippen LogP contribution is 2.47. The number of likely N-dealkylation sites (N-methyl/N-ethyl adjacent to an activating group) is 2. The van der Waals surface area contributed by atoms with Crippen LogP contribution in [-0.2, 0) is 33.4 Å². The second-order valence-corrected chi connectivity index (χ2v) is 33.8. The summed E-state index contributed by atoms with van der Waals surface area (Å²) in [4.78, 5) is 86.4. The Hall–Kier alpha value is -3.01. The Balaban J connectivity index is 0.000000141. The summed E-state index contributed by atoms with van der Waals surface area (Å²) in [5.74, 6) is 3.19. The van der Waals surface area contributed by atoms with Crippen molar-refractivity contribution >= 4 is 29.5 Å². The molecule has 12 heterocycles. The second-order valence-electron chi connectivity index (χ2n) is 33.8. The van der Waals surface area contributed by atoms with Gasteiger partial charge in [0.1, 0.15) is 11.2 Å². The maximum absolute atomic E-state index is 12.1. The number of carbonyl (C=O) groups is 5. The summed E-state index contributed by atoms with van der Waals surface area (Å²) in [5, 5.41) is 0. The van der Waals surface area contributed by atoms with Crippen LogP contribution in [0.3, 0.4) is 0 Å². The minimum absolute atomic E-state index is 0.0134. The summed E-state index contributed by atoms with van der Waals surface area (Å²) in [6.45, 7) is 27.2. The molecule has 0 radical (unpaired) electrons. The summed E-state index contributed by atoms with van der Waals surface area (Å²) in [7, 11) is 25.0. The molecule has 12 saturated heterocycles.